The van der Waals surface area contributed by atoms with E-state index in [1.54, 1.807) is 6.07 Å². The van der Waals surface area contributed by atoms with Gasteiger partial charge in [0.2, 0.25) is 0 Å². The van der Waals surface area contributed by atoms with Crippen molar-refractivity contribution in [2.45, 2.75) is 45.6 Å². The molecule has 0 radical (unpaired) electrons. The fraction of sp³-hybridized carbons (Fsp3) is 0.667. The highest BCUT2D eigenvalue weighted by Crippen LogP contribution is 2.29. The molecule has 2 N–H and O–H groups in total. The maximum absolute atomic E-state index is 9.14. The third kappa shape index (κ3) is 4.30. The fourth-order valence-corrected chi connectivity index (χ4v) is 2.66. The van der Waals surface area contributed by atoms with Crippen molar-refractivity contribution in [1.82, 2.24) is 10.3 Å². The summed E-state index contributed by atoms with van der Waals surface area (Å²) in [5.41, 5.74) is 0.991. The van der Waals surface area contributed by atoms with E-state index in [1.165, 1.54) is 38.3 Å². The van der Waals surface area contributed by atoms with Gasteiger partial charge >= 0.3 is 0 Å². The molecule has 0 atom stereocenters. The van der Waals surface area contributed by atoms with Crippen LogP contribution >= 0.6 is 0 Å². The number of aromatic nitrogens is 1. The quantitative estimate of drug-likeness (QED) is 0.787. The number of hydrogen-bond acceptors (Lipinski definition) is 3. The summed E-state index contributed by atoms with van der Waals surface area (Å²) < 4.78 is 0. The number of aromatic hydroxyl groups is 1. The highest BCUT2D eigenvalue weighted by molar-refractivity contribution is 5.17. The van der Waals surface area contributed by atoms with Gasteiger partial charge in [0.05, 0.1) is 11.9 Å². The molecule has 100 valence electrons. The SMILES string of the molecule is CC1CCC(CCNCc2ccc(O)cn2)CC1. The lowest BCUT2D eigenvalue weighted by Crippen LogP contribution is -2.20. The zero-order valence-electron chi connectivity index (χ0n) is 11.2. The molecule has 2 rings (SSSR count). The molecule has 0 spiro atoms. The van der Waals surface area contributed by atoms with Crippen molar-refractivity contribution in [3.8, 4) is 5.75 Å². The summed E-state index contributed by atoms with van der Waals surface area (Å²) in [5.74, 6) is 2.09. The first-order chi connectivity index (χ1) is 8.74. The van der Waals surface area contributed by atoms with E-state index in [2.05, 4.69) is 17.2 Å². The lowest BCUT2D eigenvalue weighted by atomic mass is 9.81. The molecule has 0 amide bonds. The van der Waals surface area contributed by atoms with Gasteiger partial charge in [-0.25, -0.2) is 0 Å². The van der Waals surface area contributed by atoms with Crippen LogP contribution in [0.4, 0.5) is 0 Å². The molecule has 1 aromatic rings. The van der Waals surface area contributed by atoms with Gasteiger partial charge in [0.15, 0.2) is 0 Å². The van der Waals surface area contributed by atoms with Crippen LogP contribution in [0.5, 0.6) is 5.75 Å². The summed E-state index contributed by atoms with van der Waals surface area (Å²) in [6.45, 7) is 4.23. The highest BCUT2D eigenvalue weighted by atomic mass is 16.3. The minimum absolute atomic E-state index is 0.232. The molecule has 0 aliphatic heterocycles. The lowest BCUT2D eigenvalue weighted by molar-refractivity contribution is 0.275. The summed E-state index contributed by atoms with van der Waals surface area (Å²) in [6, 6.07) is 3.55. The predicted octanol–water partition coefficient (Wildman–Crippen LogP) is 3.09. The van der Waals surface area contributed by atoms with Gasteiger partial charge in [0.25, 0.3) is 0 Å². The molecule has 1 fully saturated rings. The van der Waals surface area contributed by atoms with Crippen molar-refractivity contribution in [1.29, 1.82) is 0 Å². The van der Waals surface area contributed by atoms with E-state index in [0.29, 0.717) is 0 Å². The summed E-state index contributed by atoms with van der Waals surface area (Å²) >= 11 is 0. The molecule has 1 aliphatic carbocycles. The van der Waals surface area contributed by atoms with E-state index < -0.39 is 0 Å². The van der Waals surface area contributed by atoms with Gasteiger partial charge < -0.3 is 10.4 Å². The molecular weight excluding hydrogens is 224 g/mol. The van der Waals surface area contributed by atoms with Crippen LogP contribution in [0.25, 0.3) is 0 Å². The highest BCUT2D eigenvalue weighted by Gasteiger charge is 2.17. The molecule has 0 bridgehead atoms. The Morgan fingerprint density at radius 3 is 2.72 bits per heavy atom. The molecule has 0 aromatic carbocycles. The van der Waals surface area contributed by atoms with Crippen molar-refractivity contribution >= 4 is 0 Å². The van der Waals surface area contributed by atoms with Gasteiger partial charge in [-0.15, -0.1) is 0 Å². The molecule has 0 saturated heterocycles. The number of rotatable bonds is 5. The van der Waals surface area contributed by atoms with Gasteiger partial charge in [-0.1, -0.05) is 32.6 Å². The minimum Gasteiger partial charge on any atom is -0.506 e. The van der Waals surface area contributed by atoms with E-state index in [9.17, 15) is 0 Å². The smallest absolute Gasteiger partial charge is 0.133 e. The second kappa shape index (κ2) is 6.74. The number of nitrogens with one attached hydrogen (secondary N) is 1. The first-order valence-electron chi connectivity index (χ1n) is 7.08. The average Bonchev–Trinajstić information content (AvgIpc) is 2.39. The first kappa shape index (κ1) is 13.3. The van der Waals surface area contributed by atoms with Crippen LogP contribution in [0.2, 0.25) is 0 Å². The number of hydrogen-bond donors (Lipinski definition) is 2. The maximum Gasteiger partial charge on any atom is 0.133 e. The maximum atomic E-state index is 9.14. The summed E-state index contributed by atoms with van der Waals surface area (Å²) in [4.78, 5) is 4.16. The van der Waals surface area contributed by atoms with Gasteiger partial charge in [-0.3, -0.25) is 4.98 Å². The van der Waals surface area contributed by atoms with E-state index in [0.717, 1.165) is 30.6 Å². The molecule has 1 aliphatic rings. The van der Waals surface area contributed by atoms with Crippen LogP contribution in [-0.2, 0) is 6.54 Å². The van der Waals surface area contributed by atoms with Crippen LogP contribution in [-0.4, -0.2) is 16.6 Å². The largest absolute Gasteiger partial charge is 0.506 e. The van der Waals surface area contributed by atoms with E-state index in [1.807, 2.05) is 6.07 Å². The third-order valence-electron chi connectivity index (χ3n) is 3.98. The molecule has 1 saturated carbocycles. The Hall–Kier alpha value is -1.09. The van der Waals surface area contributed by atoms with Gasteiger partial charge in [0, 0.05) is 6.54 Å². The molecule has 3 heteroatoms. The van der Waals surface area contributed by atoms with Crippen molar-refractivity contribution in [3.05, 3.63) is 24.0 Å². The van der Waals surface area contributed by atoms with Crippen molar-refractivity contribution in [3.63, 3.8) is 0 Å². The Balaban J connectivity index is 1.60. The minimum atomic E-state index is 0.232. The van der Waals surface area contributed by atoms with Crippen LogP contribution in [0.15, 0.2) is 18.3 Å². The standard InChI is InChI=1S/C15H24N2O/c1-12-2-4-13(5-3-12)8-9-16-10-14-6-7-15(18)11-17-14/h6-7,11-13,16,18H,2-5,8-10H2,1H3. The summed E-state index contributed by atoms with van der Waals surface area (Å²) in [5, 5.41) is 12.6. The lowest BCUT2D eigenvalue weighted by Gasteiger charge is -2.26. The molecule has 0 unspecified atom stereocenters. The Labute approximate surface area is 110 Å². The number of nitrogens with zero attached hydrogens (tertiary/aromatic N) is 1. The van der Waals surface area contributed by atoms with Gasteiger partial charge in [-0.05, 0) is 36.9 Å². The molecular formula is C15H24N2O. The van der Waals surface area contributed by atoms with E-state index >= 15 is 0 Å². The van der Waals surface area contributed by atoms with Crippen LogP contribution in [0, 0.1) is 11.8 Å². The van der Waals surface area contributed by atoms with Crippen LogP contribution in [0.3, 0.4) is 0 Å². The second-order valence-electron chi connectivity index (χ2n) is 5.60. The molecule has 3 nitrogen and oxygen atoms in total. The average molecular weight is 248 g/mol. The number of pyridine rings is 1. The van der Waals surface area contributed by atoms with E-state index in [-0.39, 0.29) is 5.75 Å². The Kier molecular flexibility index (Phi) is 5.00. The van der Waals surface area contributed by atoms with E-state index in [4.69, 9.17) is 5.11 Å². The molecule has 1 heterocycles. The Morgan fingerprint density at radius 2 is 2.06 bits per heavy atom. The predicted molar refractivity (Wildman–Crippen MR) is 73.3 cm³/mol. The zero-order chi connectivity index (χ0) is 12.8. The zero-order valence-corrected chi connectivity index (χ0v) is 11.2. The van der Waals surface area contributed by atoms with Crippen molar-refractivity contribution in [2.75, 3.05) is 6.54 Å². The first-order valence-corrected chi connectivity index (χ1v) is 7.08. The van der Waals surface area contributed by atoms with Gasteiger partial charge in [0.1, 0.15) is 5.75 Å². The van der Waals surface area contributed by atoms with Crippen LogP contribution in [0.1, 0.15) is 44.7 Å². The monoisotopic (exact) mass is 248 g/mol. The molecule has 1 aromatic heterocycles. The van der Waals surface area contributed by atoms with Crippen molar-refractivity contribution < 1.29 is 5.11 Å². The normalized spacial score (nSPS) is 24.1. The third-order valence-corrected chi connectivity index (χ3v) is 3.98. The van der Waals surface area contributed by atoms with Crippen LogP contribution < -0.4 is 5.32 Å². The molecule has 18 heavy (non-hydrogen) atoms. The van der Waals surface area contributed by atoms with Gasteiger partial charge in [-0.2, -0.15) is 0 Å². The topological polar surface area (TPSA) is 45.1 Å². The Bertz CT molecular complexity index is 342. The fourth-order valence-electron chi connectivity index (χ4n) is 2.66. The van der Waals surface area contributed by atoms with Crippen molar-refractivity contribution in [2.24, 2.45) is 11.8 Å². The summed E-state index contributed by atoms with van der Waals surface area (Å²) in [7, 11) is 0. The second-order valence-corrected chi connectivity index (χ2v) is 5.60. The Morgan fingerprint density at radius 1 is 1.28 bits per heavy atom. The summed E-state index contributed by atoms with van der Waals surface area (Å²) in [6.07, 6.45) is 8.40.